The number of hydrogen-bond acceptors (Lipinski definition) is 2. The minimum Gasteiger partial charge on any atom is -0.329 e. The Bertz CT molecular complexity index is 414. The van der Waals surface area contributed by atoms with Gasteiger partial charge in [0.15, 0.2) is 0 Å². The highest BCUT2D eigenvalue weighted by atomic mass is 19.1. The minimum atomic E-state index is -0.612. The van der Waals surface area contributed by atoms with Crippen LogP contribution in [0, 0.1) is 18.2 Å². The molecule has 0 heterocycles. The van der Waals surface area contributed by atoms with Gasteiger partial charge >= 0.3 is 0 Å². The molecule has 4 heteroatoms. The molecule has 1 aromatic carbocycles. The van der Waals surface area contributed by atoms with Gasteiger partial charge in [-0.3, -0.25) is 4.79 Å². The molecular weight excluding hydrogens is 219 g/mol. The third kappa shape index (κ3) is 2.82. The summed E-state index contributed by atoms with van der Waals surface area (Å²) in [5.41, 5.74) is 5.94. The van der Waals surface area contributed by atoms with Crippen LogP contribution >= 0.6 is 0 Å². The topological polar surface area (TPSA) is 55.1 Å². The van der Waals surface area contributed by atoms with Crippen molar-refractivity contribution >= 4 is 11.6 Å². The normalized spacial score (nSPS) is 14.2. The zero-order valence-corrected chi connectivity index (χ0v) is 10.5. The number of halogens is 1. The van der Waals surface area contributed by atoms with E-state index in [4.69, 9.17) is 5.73 Å². The molecule has 0 spiro atoms. The fourth-order valence-corrected chi connectivity index (χ4v) is 1.41. The lowest BCUT2D eigenvalue weighted by atomic mass is 9.86. The van der Waals surface area contributed by atoms with Gasteiger partial charge in [0.25, 0.3) is 0 Å². The van der Waals surface area contributed by atoms with E-state index >= 15 is 0 Å². The highest BCUT2D eigenvalue weighted by Crippen LogP contribution is 2.24. The Morgan fingerprint density at radius 3 is 2.71 bits per heavy atom. The standard InChI is InChI=1S/C13H19FN2O/c1-4-13(3,8-15)12(17)16-11-7-5-6-10(14)9(11)2/h5-7H,4,8,15H2,1-3H3,(H,16,17). The maximum Gasteiger partial charge on any atom is 0.231 e. The Morgan fingerprint density at radius 1 is 1.53 bits per heavy atom. The van der Waals surface area contributed by atoms with E-state index in [1.165, 1.54) is 6.07 Å². The maximum absolute atomic E-state index is 13.3. The summed E-state index contributed by atoms with van der Waals surface area (Å²) in [5.74, 6) is -0.495. The maximum atomic E-state index is 13.3. The Labute approximate surface area is 101 Å². The van der Waals surface area contributed by atoms with Crippen LogP contribution in [0.5, 0.6) is 0 Å². The van der Waals surface area contributed by atoms with Crippen molar-refractivity contribution in [1.29, 1.82) is 0 Å². The predicted molar refractivity (Wildman–Crippen MR) is 67.2 cm³/mol. The molecule has 0 aliphatic heterocycles. The summed E-state index contributed by atoms with van der Waals surface area (Å²) in [6.45, 7) is 5.61. The summed E-state index contributed by atoms with van der Waals surface area (Å²) in [6, 6.07) is 4.62. The average molecular weight is 238 g/mol. The first-order valence-electron chi connectivity index (χ1n) is 5.71. The average Bonchev–Trinajstić information content (AvgIpc) is 2.33. The number of nitrogens with two attached hydrogens (primary N) is 1. The van der Waals surface area contributed by atoms with Crippen molar-refractivity contribution in [2.24, 2.45) is 11.1 Å². The molecule has 3 N–H and O–H groups in total. The second kappa shape index (κ2) is 5.27. The molecule has 0 bridgehead atoms. The first-order chi connectivity index (χ1) is 7.94. The van der Waals surface area contributed by atoms with Crippen molar-refractivity contribution in [3.05, 3.63) is 29.6 Å². The molecule has 17 heavy (non-hydrogen) atoms. The van der Waals surface area contributed by atoms with Gasteiger partial charge in [-0.25, -0.2) is 4.39 Å². The minimum absolute atomic E-state index is 0.170. The van der Waals surface area contributed by atoms with Gasteiger partial charge in [0, 0.05) is 17.8 Å². The van der Waals surface area contributed by atoms with Crippen molar-refractivity contribution < 1.29 is 9.18 Å². The number of hydrogen-bond donors (Lipinski definition) is 2. The lowest BCUT2D eigenvalue weighted by Gasteiger charge is -2.25. The molecule has 94 valence electrons. The molecule has 0 aromatic heterocycles. The first kappa shape index (κ1) is 13.6. The lowest BCUT2D eigenvalue weighted by molar-refractivity contribution is -0.124. The fourth-order valence-electron chi connectivity index (χ4n) is 1.41. The summed E-state index contributed by atoms with van der Waals surface area (Å²) in [6.07, 6.45) is 0.643. The quantitative estimate of drug-likeness (QED) is 0.846. The van der Waals surface area contributed by atoms with Crippen molar-refractivity contribution in [2.75, 3.05) is 11.9 Å². The second-order valence-corrected chi connectivity index (χ2v) is 4.48. The molecule has 1 unspecified atom stereocenters. The summed E-state index contributed by atoms with van der Waals surface area (Å²) >= 11 is 0. The van der Waals surface area contributed by atoms with Crippen LogP contribution in [0.25, 0.3) is 0 Å². The molecule has 0 radical (unpaired) electrons. The molecule has 0 saturated heterocycles. The number of nitrogens with one attached hydrogen (secondary N) is 1. The Hall–Kier alpha value is -1.42. The summed E-state index contributed by atoms with van der Waals surface area (Å²) < 4.78 is 13.3. The van der Waals surface area contributed by atoms with E-state index < -0.39 is 5.41 Å². The highest BCUT2D eigenvalue weighted by molar-refractivity contribution is 5.95. The van der Waals surface area contributed by atoms with Crippen LogP contribution in [0.4, 0.5) is 10.1 Å². The zero-order valence-electron chi connectivity index (χ0n) is 10.5. The molecule has 1 rings (SSSR count). The number of benzene rings is 1. The molecule has 1 aromatic rings. The molecule has 3 nitrogen and oxygen atoms in total. The molecule has 1 amide bonds. The Kier molecular flexibility index (Phi) is 4.23. The van der Waals surface area contributed by atoms with E-state index in [-0.39, 0.29) is 18.3 Å². The first-order valence-corrected chi connectivity index (χ1v) is 5.71. The number of carbonyl (C=O) groups is 1. The van der Waals surface area contributed by atoms with Gasteiger partial charge in [-0.15, -0.1) is 0 Å². The Morgan fingerprint density at radius 2 is 2.18 bits per heavy atom. The smallest absolute Gasteiger partial charge is 0.231 e. The van der Waals surface area contributed by atoms with E-state index in [0.29, 0.717) is 17.7 Å². The zero-order chi connectivity index (χ0) is 13.1. The van der Waals surface area contributed by atoms with E-state index in [1.807, 2.05) is 6.92 Å². The SMILES string of the molecule is CCC(C)(CN)C(=O)Nc1cccc(F)c1C. The van der Waals surface area contributed by atoms with Crippen LogP contribution < -0.4 is 11.1 Å². The summed E-state index contributed by atoms with van der Waals surface area (Å²) in [5, 5.41) is 2.73. The molecular formula is C13H19FN2O. The fraction of sp³-hybridized carbons (Fsp3) is 0.462. The van der Waals surface area contributed by atoms with Gasteiger partial charge in [-0.1, -0.05) is 13.0 Å². The van der Waals surface area contributed by atoms with Crippen LogP contribution in [0.1, 0.15) is 25.8 Å². The van der Waals surface area contributed by atoms with E-state index in [9.17, 15) is 9.18 Å². The molecule has 1 atom stereocenters. The van der Waals surface area contributed by atoms with Crippen molar-refractivity contribution in [1.82, 2.24) is 0 Å². The third-order valence-corrected chi connectivity index (χ3v) is 3.29. The van der Waals surface area contributed by atoms with Crippen molar-refractivity contribution in [3.63, 3.8) is 0 Å². The van der Waals surface area contributed by atoms with Crippen molar-refractivity contribution in [2.45, 2.75) is 27.2 Å². The molecule has 0 saturated carbocycles. The van der Waals surface area contributed by atoms with Crippen LogP contribution in [-0.2, 0) is 4.79 Å². The van der Waals surface area contributed by atoms with E-state index in [2.05, 4.69) is 5.32 Å². The van der Waals surface area contributed by atoms with Crippen LogP contribution in [0.15, 0.2) is 18.2 Å². The van der Waals surface area contributed by atoms with Gasteiger partial charge in [0.1, 0.15) is 5.82 Å². The highest BCUT2D eigenvalue weighted by Gasteiger charge is 2.29. The van der Waals surface area contributed by atoms with E-state index in [0.717, 1.165) is 0 Å². The lowest BCUT2D eigenvalue weighted by Crippen LogP contribution is -2.39. The molecule has 0 aliphatic carbocycles. The number of anilines is 1. The largest absolute Gasteiger partial charge is 0.329 e. The van der Waals surface area contributed by atoms with Crippen LogP contribution in [0.2, 0.25) is 0 Å². The van der Waals surface area contributed by atoms with Gasteiger partial charge in [0.2, 0.25) is 5.91 Å². The molecule has 0 aliphatic rings. The number of carbonyl (C=O) groups excluding carboxylic acids is 1. The summed E-state index contributed by atoms with van der Waals surface area (Å²) in [4.78, 5) is 12.0. The van der Waals surface area contributed by atoms with Gasteiger partial charge in [0.05, 0.1) is 5.41 Å². The Balaban J connectivity index is 2.92. The van der Waals surface area contributed by atoms with Gasteiger partial charge in [-0.2, -0.15) is 0 Å². The number of rotatable bonds is 4. The van der Waals surface area contributed by atoms with Crippen LogP contribution in [-0.4, -0.2) is 12.5 Å². The predicted octanol–water partition coefficient (Wildman–Crippen LogP) is 2.45. The second-order valence-electron chi connectivity index (χ2n) is 4.48. The monoisotopic (exact) mass is 238 g/mol. The third-order valence-electron chi connectivity index (χ3n) is 3.29. The van der Waals surface area contributed by atoms with Crippen LogP contribution in [0.3, 0.4) is 0 Å². The summed E-state index contributed by atoms with van der Waals surface area (Å²) in [7, 11) is 0. The van der Waals surface area contributed by atoms with Gasteiger partial charge in [-0.05, 0) is 32.4 Å². The van der Waals surface area contributed by atoms with E-state index in [1.54, 1.807) is 26.0 Å². The number of amides is 1. The van der Waals surface area contributed by atoms with Gasteiger partial charge < -0.3 is 11.1 Å². The molecule has 0 fully saturated rings. The van der Waals surface area contributed by atoms with Crippen molar-refractivity contribution in [3.8, 4) is 0 Å².